The highest BCUT2D eigenvalue weighted by Gasteiger charge is 2.09. The molecule has 2 heterocycles. The van der Waals surface area contributed by atoms with Crippen molar-refractivity contribution in [1.82, 2.24) is 20.2 Å². The summed E-state index contributed by atoms with van der Waals surface area (Å²) in [7, 11) is 3.55. The molecule has 0 bridgehead atoms. The predicted octanol–water partition coefficient (Wildman–Crippen LogP) is 3.74. The molecule has 0 saturated heterocycles. The quantitative estimate of drug-likeness (QED) is 0.265. The van der Waals surface area contributed by atoms with Gasteiger partial charge in [-0.2, -0.15) is 0 Å². The van der Waals surface area contributed by atoms with Crippen LogP contribution in [0.5, 0.6) is 5.88 Å². The minimum atomic E-state index is 0. The zero-order valence-electron chi connectivity index (χ0n) is 13.7. The van der Waals surface area contributed by atoms with Crippen LogP contribution in [0.4, 0.5) is 0 Å². The highest BCUT2D eigenvalue weighted by Crippen LogP contribution is 2.24. The smallest absolute Gasteiger partial charge is 0.213 e. The summed E-state index contributed by atoms with van der Waals surface area (Å²) in [4.78, 5) is 8.20. The summed E-state index contributed by atoms with van der Waals surface area (Å²) in [5.41, 5.74) is 0.953. The first-order valence-electron chi connectivity index (χ1n) is 7.19. The third-order valence-electron chi connectivity index (χ3n) is 3.22. The average molecular weight is 519 g/mol. The van der Waals surface area contributed by atoms with Crippen molar-refractivity contribution in [3.05, 3.63) is 45.3 Å². The van der Waals surface area contributed by atoms with Gasteiger partial charge in [-0.15, -0.1) is 24.0 Å². The summed E-state index contributed by atoms with van der Waals surface area (Å²) < 4.78 is 7.32. The lowest BCUT2D eigenvalue weighted by molar-refractivity contribution is 0.309. The molecule has 2 aromatic heterocycles. The van der Waals surface area contributed by atoms with Gasteiger partial charge in [0.25, 0.3) is 0 Å². The van der Waals surface area contributed by atoms with E-state index in [4.69, 9.17) is 39.5 Å². The topological polar surface area (TPSA) is 63.5 Å². The van der Waals surface area contributed by atoms with Crippen LogP contribution in [-0.4, -0.2) is 35.7 Å². The molecule has 0 atom stereocenters. The first-order chi connectivity index (χ1) is 11.5. The number of pyridine rings is 1. The Morgan fingerprint density at radius 2 is 2.04 bits per heavy atom. The monoisotopic (exact) mass is 517 g/mol. The second-order valence-electron chi connectivity index (χ2n) is 4.85. The molecular formula is C15H19Cl3IN5O. The second-order valence-corrected chi connectivity index (χ2v) is 6.05. The third-order valence-corrected chi connectivity index (χ3v) is 4.29. The number of halogens is 4. The molecule has 2 N–H and O–H groups in total. The zero-order chi connectivity index (χ0) is 17.5. The molecule has 0 aromatic carbocycles. The SMILES string of the molecule is CN=C(NCCOc1ccc(Cl)cn1)NCc1cc(Cl)c(Cl)n1C.I. The Labute approximate surface area is 178 Å². The first kappa shape index (κ1) is 22.1. The van der Waals surface area contributed by atoms with Crippen LogP contribution in [0, 0.1) is 0 Å². The van der Waals surface area contributed by atoms with Gasteiger partial charge >= 0.3 is 0 Å². The molecule has 0 fully saturated rings. The van der Waals surface area contributed by atoms with Crippen molar-refractivity contribution >= 4 is 64.7 Å². The highest BCUT2D eigenvalue weighted by molar-refractivity contribution is 14.0. The minimum Gasteiger partial charge on any atom is -0.476 e. The van der Waals surface area contributed by atoms with E-state index in [-0.39, 0.29) is 24.0 Å². The number of nitrogens with one attached hydrogen (secondary N) is 2. The van der Waals surface area contributed by atoms with Crippen molar-refractivity contribution in [2.24, 2.45) is 12.0 Å². The fourth-order valence-electron chi connectivity index (χ4n) is 1.93. The van der Waals surface area contributed by atoms with E-state index in [1.165, 1.54) is 0 Å². The van der Waals surface area contributed by atoms with Gasteiger partial charge in [-0.1, -0.05) is 34.8 Å². The van der Waals surface area contributed by atoms with Gasteiger partial charge in [0.2, 0.25) is 5.88 Å². The third kappa shape index (κ3) is 6.73. The Kier molecular flexibility index (Phi) is 9.70. The lowest BCUT2D eigenvalue weighted by Gasteiger charge is -2.12. The molecule has 0 radical (unpaired) electrons. The van der Waals surface area contributed by atoms with Crippen LogP contribution in [-0.2, 0) is 13.6 Å². The van der Waals surface area contributed by atoms with Crippen LogP contribution in [0.15, 0.2) is 29.4 Å². The van der Waals surface area contributed by atoms with Crippen molar-refractivity contribution in [3.8, 4) is 5.88 Å². The van der Waals surface area contributed by atoms with E-state index in [1.54, 1.807) is 25.4 Å². The largest absolute Gasteiger partial charge is 0.476 e. The molecule has 2 aromatic rings. The van der Waals surface area contributed by atoms with Gasteiger partial charge in [0.05, 0.1) is 23.1 Å². The molecule has 2 rings (SSSR count). The first-order valence-corrected chi connectivity index (χ1v) is 8.33. The number of ether oxygens (including phenoxy) is 1. The van der Waals surface area contributed by atoms with Crippen molar-refractivity contribution in [1.29, 1.82) is 0 Å². The van der Waals surface area contributed by atoms with E-state index in [1.807, 2.05) is 17.7 Å². The van der Waals surface area contributed by atoms with Crippen molar-refractivity contribution < 1.29 is 4.74 Å². The Morgan fingerprint density at radius 3 is 2.60 bits per heavy atom. The predicted molar refractivity (Wildman–Crippen MR) is 114 cm³/mol. The summed E-state index contributed by atoms with van der Waals surface area (Å²) in [6, 6.07) is 5.27. The molecule has 25 heavy (non-hydrogen) atoms. The van der Waals surface area contributed by atoms with Gasteiger partial charge in [-0.05, 0) is 12.1 Å². The Hall–Kier alpha value is -0.900. The van der Waals surface area contributed by atoms with Gasteiger partial charge < -0.3 is 19.9 Å². The Bertz CT molecular complexity index is 706. The Morgan fingerprint density at radius 1 is 1.28 bits per heavy atom. The van der Waals surface area contributed by atoms with E-state index in [0.29, 0.717) is 46.7 Å². The number of guanidine groups is 1. The highest BCUT2D eigenvalue weighted by atomic mass is 127. The van der Waals surface area contributed by atoms with E-state index < -0.39 is 0 Å². The van der Waals surface area contributed by atoms with Crippen LogP contribution in [0.2, 0.25) is 15.2 Å². The molecule has 0 aliphatic carbocycles. The molecule has 0 aliphatic rings. The van der Waals surface area contributed by atoms with Crippen LogP contribution in [0.25, 0.3) is 0 Å². The fraction of sp³-hybridized carbons (Fsp3) is 0.333. The van der Waals surface area contributed by atoms with Crippen molar-refractivity contribution in [2.75, 3.05) is 20.2 Å². The number of hydrogen-bond acceptors (Lipinski definition) is 3. The van der Waals surface area contributed by atoms with Crippen molar-refractivity contribution in [2.45, 2.75) is 6.54 Å². The fourth-order valence-corrected chi connectivity index (χ4v) is 2.45. The molecule has 138 valence electrons. The maximum Gasteiger partial charge on any atom is 0.213 e. The molecule has 6 nitrogen and oxygen atoms in total. The van der Waals surface area contributed by atoms with Crippen LogP contribution < -0.4 is 15.4 Å². The summed E-state index contributed by atoms with van der Waals surface area (Å²) >= 11 is 17.8. The van der Waals surface area contributed by atoms with Crippen LogP contribution in [0.1, 0.15) is 5.69 Å². The summed E-state index contributed by atoms with van der Waals surface area (Å²) in [6.45, 7) is 1.55. The summed E-state index contributed by atoms with van der Waals surface area (Å²) in [5, 5.41) is 7.95. The van der Waals surface area contributed by atoms with Crippen LogP contribution in [0.3, 0.4) is 0 Å². The van der Waals surface area contributed by atoms with Gasteiger partial charge in [0.1, 0.15) is 11.8 Å². The lowest BCUT2D eigenvalue weighted by Crippen LogP contribution is -2.39. The molecule has 0 unspecified atom stereocenters. The van der Waals surface area contributed by atoms with Gasteiger partial charge in [-0.25, -0.2) is 4.98 Å². The number of aliphatic imine (C=N–C) groups is 1. The van der Waals surface area contributed by atoms with Crippen molar-refractivity contribution in [3.63, 3.8) is 0 Å². The van der Waals surface area contributed by atoms with E-state index in [2.05, 4.69) is 20.6 Å². The minimum absolute atomic E-state index is 0. The van der Waals surface area contributed by atoms with Gasteiger partial charge in [0, 0.05) is 32.1 Å². The molecular weight excluding hydrogens is 499 g/mol. The molecule has 0 saturated carbocycles. The molecule has 0 amide bonds. The standard InChI is InChI=1S/C15H18Cl3N5O.HI/c1-19-15(22-9-11-7-12(17)14(18)23(11)2)20-5-6-24-13-4-3-10(16)8-21-13;/h3-4,7-8H,5-6,9H2,1-2H3,(H2,19,20,22);1H. The van der Waals surface area contributed by atoms with E-state index in [0.717, 1.165) is 5.69 Å². The molecule has 0 aliphatic heterocycles. The number of rotatable bonds is 6. The summed E-state index contributed by atoms with van der Waals surface area (Å²) in [5.74, 6) is 1.17. The van der Waals surface area contributed by atoms with Gasteiger partial charge in [0.15, 0.2) is 5.96 Å². The average Bonchev–Trinajstić information content (AvgIpc) is 2.83. The van der Waals surface area contributed by atoms with E-state index >= 15 is 0 Å². The number of nitrogens with zero attached hydrogens (tertiary/aromatic N) is 3. The lowest BCUT2D eigenvalue weighted by atomic mass is 10.4. The number of hydrogen-bond donors (Lipinski definition) is 2. The van der Waals surface area contributed by atoms with Gasteiger partial charge in [-0.3, -0.25) is 4.99 Å². The summed E-state index contributed by atoms with van der Waals surface area (Å²) in [6.07, 6.45) is 1.54. The normalized spacial score (nSPS) is 11.0. The van der Waals surface area contributed by atoms with E-state index in [9.17, 15) is 0 Å². The van der Waals surface area contributed by atoms with Crippen LogP contribution >= 0.6 is 58.8 Å². The second kappa shape index (κ2) is 10.9. The molecule has 0 spiro atoms. The zero-order valence-corrected chi connectivity index (χ0v) is 18.3. The maximum absolute atomic E-state index is 6.04. The maximum atomic E-state index is 6.04. The molecule has 10 heteroatoms. The number of aromatic nitrogens is 2. The Balaban J connectivity index is 0.00000312.